The predicted octanol–water partition coefficient (Wildman–Crippen LogP) is 5.33. The Balaban J connectivity index is 1.56. The number of thiophene rings is 1. The first-order chi connectivity index (χ1) is 15.3. The Hall–Kier alpha value is -2.61. The molecule has 0 bridgehead atoms. The first-order valence-electron chi connectivity index (χ1n) is 10.4. The number of aliphatic hydroxyl groups is 1. The highest BCUT2D eigenvalue weighted by Gasteiger charge is 2.19. The van der Waals surface area contributed by atoms with Gasteiger partial charge in [0, 0.05) is 42.3 Å². The minimum Gasteiger partial charge on any atom is -0.492 e. The lowest BCUT2D eigenvalue weighted by molar-refractivity contribution is 0.218. The van der Waals surface area contributed by atoms with Gasteiger partial charge < -0.3 is 24.4 Å². The molecule has 3 rings (SSSR count). The summed E-state index contributed by atoms with van der Waals surface area (Å²) in [5.74, 6) is 1.44. The Bertz CT molecular complexity index is 1000. The maximum Gasteiger partial charge on any atom is 0.269 e. The van der Waals surface area contributed by atoms with Gasteiger partial charge in [-0.3, -0.25) is 0 Å². The van der Waals surface area contributed by atoms with Gasteiger partial charge in [0.05, 0.1) is 13.2 Å². The van der Waals surface area contributed by atoms with Gasteiger partial charge >= 0.3 is 0 Å². The fraction of sp³-hybridized carbons (Fsp3) is 0.320. The van der Waals surface area contributed by atoms with Crippen LogP contribution in [0.15, 0.2) is 65.4 Å². The van der Waals surface area contributed by atoms with Crippen LogP contribution in [0.3, 0.4) is 0 Å². The minimum absolute atomic E-state index is 0.0804. The van der Waals surface area contributed by atoms with Gasteiger partial charge in [-0.2, -0.15) is 11.3 Å². The van der Waals surface area contributed by atoms with Crippen molar-refractivity contribution in [1.29, 1.82) is 0 Å². The average molecular weight is 471 g/mol. The molecule has 0 radical (unpaired) electrons. The number of hydrogen-bond donors (Lipinski definition) is 1. The number of anilines is 2. The van der Waals surface area contributed by atoms with Crippen molar-refractivity contribution in [3.63, 3.8) is 0 Å². The lowest BCUT2D eigenvalue weighted by atomic mass is 9.86. The van der Waals surface area contributed by atoms with Crippen LogP contribution in [0.1, 0.15) is 19.4 Å². The van der Waals surface area contributed by atoms with Gasteiger partial charge in [-0.1, -0.05) is 32.0 Å². The molecular formula is C25H30N2O3S2. The third-order valence-corrected chi connectivity index (χ3v) is 6.39. The molecular weight excluding hydrogens is 440 g/mol. The Morgan fingerprint density at radius 1 is 1.03 bits per heavy atom. The van der Waals surface area contributed by atoms with E-state index in [9.17, 15) is 5.11 Å². The summed E-state index contributed by atoms with van der Waals surface area (Å²) < 4.78 is 11.8. The van der Waals surface area contributed by atoms with Crippen molar-refractivity contribution in [1.82, 2.24) is 0 Å². The highest BCUT2D eigenvalue weighted by Crippen LogP contribution is 2.26. The summed E-state index contributed by atoms with van der Waals surface area (Å²) in [5, 5.41) is 14.1. The summed E-state index contributed by atoms with van der Waals surface area (Å²) in [7, 11) is 3.93. The molecule has 0 atom stereocenters. The minimum atomic E-state index is -0.297. The molecule has 0 saturated heterocycles. The van der Waals surface area contributed by atoms with Crippen molar-refractivity contribution in [2.45, 2.75) is 19.3 Å². The summed E-state index contributed by atoms with van der Waals surface area (Å²) in [4.78, 5) is 3.98. The van der Waals surface area contributed by atoms with Crippen LogP contribution < -0.4 is 19.3 Å². The first-order valence-corrected chi connectivity index (χ1v) is 11.8. The van der Waals surface area contributed by atoms with Crippen LogP contribution >= 0.6 is 23.6 Å². The zero-order chi connectivity index (χ0) is 23.1. The van der Waals surface area contributed by atoms with Crippen molar-refractivity contribution in [3.8, 4) is 11.5 Å². The lowest BCUT2D eigenvalue weighted by Crippen LogP contribution is -2.29. The zero-order valence-corrected chi connectivity index (χ0v) is 20.6. The van der Waals surface area contributed by atoms with E-state index in [1.54, 1.807) is 11.3 Å². The zero-order valence-electron chi connectivity index (χ0n) is 18.9. The SMILES string of the molecule is CN(CCOc1cccc(N(C)C(=S)Oc2ccc(C(C)(C)CO)cc2)c1)c1ccsc1. The topological polar surface area (TPSA) is 45.2 Å². The predicted molar refractivity (Wildman–Crippen MR) is 138 cm³/mol. The van der Waals surface area contributed by atoms with Gasteiger partial charge in [-0.15, -0.1) is 0 Å². The van der Waals surface area contributed by atoms with E-state index in [0.717, 1.165) is 23.5 Å². The van der Waals surface area contributed by atoms with Crippen LogP contribution in [0.5, 0.6) is 11.5 Å². The van der Waals surface area contributed by atoms with Crippen LogP contribution in [0.25, 0.3) is 0 Å². The molecule has 32 heavy (non-hydrogen) atoms. The molecule has 0 aliphatic rings. The van der Waals surface area contributed by atoms with Crippen molar-refractivity contribution in [2.75, 3.05) is 43.7 Å². The van der Waals surface area contributed by atoms with Gasteiger partial charge in [0.25, 0.3) is 5.17 Å². The van der Waals surface area contributed by atoms with E-state index >= 15 is 0 Å². The number of nitrogens with zero attached hydrogens (tertiary/aromatic N) is 2. The quantitative estimate of drug-likeness (QED) is 0.426. The summed E-state index contributed by atoms with van der Waals surface area (Å²) in [6.07, 6.45) is 0. The van der Waals surface area contributed by atoms with E-state index in [4.69, 9.17) is 21.7 Å². The highest BCUT2D eigenvalue weighted by atomic mass is 32.1. The van der Waals surface area contributed by atoms with Gasteiger partial charge in [0.1, 0.15) is 18.1 Å². The average Bonchev–Trinajstić information content (AvgIpc) is 3.34. The normalized spacial score (nSPS) is 11.2. The molecule has 0 aliphatic carbocycles. The molecule has 1 N–H and O–H groups in total. The van der Waals surface area contributed by atoms with Crippen LogP contribution in [0.2, 0.25) is 0 Å². The molecule has 7 heteroatoms. The first kappa shape index (κ1) is 24.0. The molecule has 170 valence electrons. The standard InChI is InChI=1S/C25H30N2O3S2/c1-25(2,18-28)19-8-10-22(11-9-19)30-24(31)27(4)20-6-5-7-23(16-20)29-14-13-26(3)21-12-15-32-17-21/h5-12,15-17,28H,13-14,18H2,1-4H3. The van der Waals surface area contributed by atoms with Gasteiger partial charge in [-0.05, 0) is 53.5 Å². The Labute approximate surface area is 199 Å². The monoisotopic (exact) mass is 470 g/mol. The highest BCUT2D eigenvalue weighted by molar-refractivity contribution is 7.80. The number of hydrogen-bond acceptors (Lipinski definition) is 6. The van der Waals surface area contributed by atoms with Crippen molar-refractivity contribution in [3.05, 3.63) is 70.9 Å². The largest absolute Gasteiger partial charge is 0.492 e. The molecule has 0 spiro atoms. The molecule has 0 saturated carbocycles. The van der Waals surface area contributed by atoms with Crippen molar-refractivity contribution >= 4 is 40.1 Å². The molecule has 0 unspecified atom stereocenters. The van der Waals surface area contributed by atoms with Crippen LogP contribution in [-0.4, -0.2) is 44.1 Å². The van der Waals surface area contributed by atoms with Crippen molar-refractivity contribution < 1.29 is 14.6 Å². The summed E-state index contributed by atoms with van der Waals surface area (Å²) in [5.41, 5.74) is 2.83. The second kappa shape index (κ2) is 10.8. The molecule has 3 aromatic rings. The molecule has 1 aromatic heterocycles. The Morgan fingerprint density at radius 3 is 2.44 bits per heavy atom. The third kappa shape index (κ3) is 6.22. The van der Waals surface area contributed by atoms with Crippen LogP contribution in [-0.2, 0) is 5.41 Å². The molecule has 5 nitrogen and oxygen atoms in total. The number of aliphatic hydroxyl groups excluding tert-OH is 1. The fourth-order valence-corrected chi connectivity index (χ4v) is 3.92. The number of likely N-dealkylation sites (N-methyl/N-ethyl adjacent to an activating group) is 1. The summed E-state index contributed by atoms with van der Waals surface area (Å²) in [6, 6.07) is 17.5. The molecule has 2 aromatic carbocycles. The van der Waals surface area contributed by atoms with E-state index in [2.05, 4.69) is 28.8 Å². The molecule has 1 heterocycles. The van der Waals surface area contributed by atoms with Crippen LogP contribution in [0.4, 0.5) is 11.4 Å². The van der Waals surface area contributed by atoms with Crippen molar-refractivity contribution in [2.24, 2.45) is 0 Å². The fourth-order valence-electron chi connectivity index (χ4n) is 3.03. The van der Waals surface area contributed by atoms with E-state index in [0.29, 0.717) is 17.5 Å². The number of thiocarbonyl (C=S) groups is 1. The molecule has 0 amide bonds. The third-order valence-electron chi connectivity index (χ3n) is 5.36. The smallest absolute Gasteiger partial charge is 0.269 e. The van der Waals surface area contributed by atoms with Gasteiger partial charge in [0.2, 0.25) is 0 Å². The number of rotatable bonds is 9. The second-order valence-electron chi connectivity index (χ2n) is 8.24. The molecule has 0 fully saturated rings. The van der Waals surface area contributed by atoms with E-state index < -0.39 is 0 Å². The number of ether oxygens (including phenoxy) is 2. The Morgan fingerprint density at radius 2 is 1.78 bits per heavy atom. The molecule has 0 aliphatic heterocycles. The van der Waals surface area contributed by atoms with E-state index in [1.165, 1.54) is 5.69 Å². The van der Waals surface area contributed by atoms with Crippen LogP contribution in [0, 0.1) is 0 Å². The Kier molecular flexibility index (Phi) is 8.12. The van der Waals surface area contributed by atoms with Gasteiger partial charge in [0.15, 0.2) is 0 Å². The number of benzene rings is 2. The van der Waals surface area contributed by atoms with Gasteiger partial charge in [-0.25, -0.2) is 0 Å². The van der Waals surface area contributed by atoms with E-state index in [-0.39, 0.29) is 12.0 Å². The summed E-state index contributed by atoms with van der Waals surface area (Å²) in [6.45, 7) is 5.45. The maximum absolute atomic E-state index is 9.54. The maximum atomic E-state index is 9.54. The lowest BCUT2D eigenvalue weighted by Gasteiger charge is -2.23. The van der Waals surface area contributed by atoms with E-state index in [1.807, 2.05) is 74.3 Å². The summed E-state index contributed by atoms with van der Waals surface area (Å²) >= 11 is 7.18. The second-order valence-corrected chi connectivity index (χ2v) is 9.37.